The molecule has 0 spiro atoms. The van der Waals surface area contributed by atoms with E-state index in [0.717, 1.165) is 53.2 Å². The van der Waals surface area contributed by atoms with Crippen molar-refractivity contribution in [3.63, 3.8) is 0 Å². The summed E-state index contributed by atoms with van der Waals surface area (Å²) in [5, 5.41) is 12.5. The Morgan fingerprint density at radius 1 is 1.07 bits per heavy atom. The second-order valence-corrected chi connectivity index (χ2v) is 13.2. The monoisotopic (exact) mass is 592 g/mol. The number of carboxylic acids is 1. The first kappa shape index (κ1) is 35.8. The van der Waals surface area contributed by atoms with E-state index in [2.05, 4.69) is 25.2 Å². The predicted molar refractivity (Wildman–Crippen MR) is 176 cm³/mol. The first-order valence-corrected chi connectivity index (χ1v) is 17.3. The zero-order chi connectivity index (χ0) is 28.9. The molecular weight excluding hydrogens is 545 g/mol. The Kier molecular flexibility index (Phi) is 16.6. The molecule has 5 nitrogen and oxygen atoms in total. The number of aliphatic carboxylic acids is 1. The zero-order valence-electron chi connectivity index (χ0n) is 25.6. The van der Waals surface area contributed by atoms with E-state index in [1.165, 1.54) is 32.1 Å². The number of ether oxygens (including phenoxy) is 1. The molecule has 1 fully saturated rings. The van der Waals surface area contributed by atoms with Crippen molar-refractivity contribution in [2.45, 2.75) is 96.1 Å². The number of benzene rings is 2. The number of carbonyl (C=O) groups is 2. The van der Waals surface area contributed by atoms with Gasteiger partial charge in [-0.05, 0) is 91.2 Å². The molecule has 3 rings (SSSR count). The van der Waals surface area contributed by atoms with Gasteiger partial charge < -0.3 is 15.2 Å². The summed E-state index contributed by atoms with van der Waals surface area (Å²) in [6.45, 7) is 6.44. The molecule has 1 aliphatic rings. The molecule has 0 aliphatic heterocycles. The SMILES string of the molecule is CCCCSC(OC(C)CC1CCCCC1)c1ccc(C(=O)N[C@@H](CCSC)C(=O)O)c(-c2ccccc2C)c1.[Li]. The second-order valence-electron chi connectivity index (χ2n) is 11.0. The number of hydrogen-bond donors (Lipinski definition) is 2. The standard InChI is InChI=1S/C33H47NO4S2.Li/c1-5-6-19-40-33(38-24(3)21-25-13-8-7-9-14-25)26-16-17-28(29(22-26)27-15-11-10-12-23(27)2)31(35)34-30(32(36)37)18-20-39-4;/h10-12,15-17,22,24-25,30,33H,5-9,13-14,18-21H2,1-4H3,(H,34,35)(H,36,37);/t24?,30-,33?;/m0./s1. The number of hydrogen-bond acceptors (Lipinski definition) is 5. The van der Waals surface area contributed by atoms with Crippen LogP contribution in [0.2, 0.25) is 0 Å². The van der Waals surface area contributed by atoms with Gasteiger partial charge in [0.15, 0.2) is 0 Å². The molecule has 1 radical (unpaired) electrons. The van der Waals surface area contributed by atoms with E-state index in [9.17, 15) is 14.7 Å². The third-order valence-electron chi connectivity index (χ3n) is 7.72. The third-order valence-corrected chi connectivity index (χ3v) is 9.58. The molecule has 1 amide bonds. The maximum atomic E-state index is 13.5. The normalized spacial score (nSPS) is 15.9. The Morgan fingerprint density at radius 2 is 1.80 bits per heavy atom. The van der Waals surface area contributed by atoms with Crippen LogP contribution in [-0.4, -0.2) is 65.8 Å². The molecular formula is C33H47LiNO4S2. The zero-order valence-corrected chi connectivity index (χ0v) is 27.3. The van der Waals surface area contributed by atoms with Gasteiger partial charge in [0, 0.05) is 24.4 Å². The van der Waals surface area contributed by atoms with Crippen LogP contribution >= 0.6 is 23.5 Å². The molecule has 8 heteroatoms. The molecule has 2 aromatic carbocycles. The van der Waals surface area contributed by atoms with Gasteiger partial charge in [-0.2, -0.15) is 11.8 Å². The average Bonchev–Trinajstić information content (AvgIpc) is 2.95. The van der Waals surface area contributed by atoms with Crippen molar-refractivity contribution in [1.29, 1.82) is 0 Å². The van der Waals surface area contributed by atoms with Crippen LogP contribution in [0.15, 0.2) is 42.5 Å². The fourth-order valence-corrected chi connectivity index (χ4v) is 7.19. The molecule has 1 saturated carbocycles. The first-order valence-electron chi connectivity index (χ1n) is 14.8. The van der Waals surface area contributed by atoms with E-state index in [-0.39, 0.29) is 36.3 Å². The predicted octanol–water partition coefficient (Wildman–Crippen LogP) is 8.12. The minimum absolute atomic E-state index is 0. The number of aryl methyl sites for hydroxylation is 1. The number of nitrogens with one attached hydrogen (secondary N) is 1. The largest absolute Gasteiger partial charge is 0.480 e. The quantitative estimate of drug-likeness (QED) is 0.116. The molecule has 41 heavy (non-hydrogen) atoms. The van der Waals surface area contributed by atoms with Crippen molar-refractivity contribution in [1.82, 2.24) is 5.32 Å². The molecule has 0 heterocycles. The maximum absolute atomic E-state index is 13.5. The van der Waals surface area contributed by atoms with Crippen LogP contribution < -0.4 is 5.32 Å². The van der Waals surface area contributed by atoms with Gasteiger partial charge in [-0.15, -0.1) is 11.8 Å². The van der Waals surface area contributed by atoms with Crippen LogP contribution in [0.5, 0.6) is 0 Å². The Hall–Kier alpha value is -1.36. The van der Waals surface area contributed by atoms with Crippen LogP contribution in [0.3, 0.4) is 0 Å². The molecule has 0 aromatic heterocycles. The Morgan fingerprint density at radius 3 is 2.46 bits per heavy atom. The van der Waals surface area contributed by atoms with Crippen LogP contribution in [0.4, 0.5) is 0 Å². The van der Waals surface area contributed by atoms with Gasteiger partial charge in [0.1, 0.15) is 11.5 Å². The van der Waals surface area contributed by atoms with Crippen LogP contribution in [-0.2, 0) is 9.53 Å². The molecule has 1 aliphatic carbocycles. The first-order chi connectivity index (χ1) is 19.3. The van der Waals surface area contributed by atoms with E-state index >= 15 is 0 Å². The van der Waals surface area contributed by atoms with Gasteiger partial charge >= 0.3 is 5.97 Å². The molecule has 2 aromatic rings. The molecule has 221 valence electrons. The van der Waals surface area contributed by atoms with Gasteiger partial charge in [0.2, 0.25) is 0 Å². The summed E-state index contributed by atoms with van der Waals surface area (Å²) in [5.74, 6) is 1.04. The number of unbranched alkanes of at least 4 members (excludes halogenated alkanes) is 1. The van der Waals surface area contributed by atoms with Crippen LogP contribution in [0.25, 0.3) is 11.1 Å². The van der Waals surface area contributed by atoms with E-state index in [4.69, 9.17) is 4.74 Å². The number of carbonyl (C=O) groups excluding carboxylic acids is 1. The Labute approximate surface area is 267 Å². The smallest absolute Gasteiger partial charge is 0.326 e. The van der Waals surface area contributed by atoms with E-state index in [0.29, 0.717) is 17.7 Å². The van der Waals surface area contributed by atoms with Crippen LogP contribution in [0, 0.1) is 12.8 Å². The van der Waals surface area contributed by atoms with Crippen LogP contribution in [0.1, 0.15) is 98.6 Å². The van der Waals surface area contributed by atoms with Gasteiger partial charge in [0.05, 0.1) is 6.10 Å². The van der Waals surface area contributed by atoms with E-state index in [1.807, 2.05) is 61.3 Å². The number of thioether (sulfide) groups is 2. The summed E-state index contributed by atoms with van der Waals surface area (Å²) in [5.41, 5.74) is 4.25. The third kappa shape index (κ3) is 11.3. The van der Waals surface area contributed by atoms with E-state index < -0.39 is 12.0 Å². The molecule has 3 atom stereocenters. The van der Waals surface area contributed by atoms with Gasteiger partial charge in [-0.3, -0.25) is 4.79 Å². The van der Waals surface area contributed by atoms with Gasteiger partial charge in [0.25, 0.3) is 5.91 Å². The fraction of sp³-hybridized carbons (Fsp3) is 0.576. The number of amides is 1. The molecule has 0 saturated heterocycles. The van der Waals surface area contributed by atoms with E-state index in [1.54, 1.807) is 11.8 Å². The average molecular weight is 593 g/mol. The van der Waals surface area contributed by atoms with Crippen molar-refractivity contribution < 1.29 is 19.4 Å². The summed E-state index contributed by atoms with van der Waals surface area (Å²) in [7, 11) is 0. The van der Waals surface area contributed by atoms with Gasteiger partial charge in [-0.25, -0.2) is 4.79 Å². The summed E-state index contributed by atoms with van der Waals surface area (Å²) in [6, 6.07) is 13.0. The fourth-order valence-electron chi connectivity index (χ4n) is 5.44. The van der Waals surface area contributed by atoms with Gasteiger partial charge in [-0.1, -0.05) is 75.8 Å². The maximum Gasteiger partial charge on any atom is 0.326 e. The van der Waals surface area contributed by atoms with Crippen molar-refractivity contribution >= 4 is 54.3 Å². The minimum atomic E-state index is -1.01. The molecule has 0 bridgehead atoms. The Balaban J connectivity index is 0.00000588. The summed E-state index contributed by atoms with van der Waals surface area (Å²) in [6.07, 6.45) is 12.4. The second kappa shape index (κ2) is 19.0. The number of rotatable bonds is 16. The van der Waals surface area contributed by atoms with Crippen molar-refractivity contribution in [3.8, 4) is 11.1 Å². The summed E-state index contributed by atoms with van der Waals surface area (Å²) < 4.78 is 6.73. The topological polar surface area (TPSA) is 75.6 Å². The molecule has 2 N–H and O–H groups in total. The number of carboxylic acid groups (broad SMARTS) is 1. The van der Waals surface area contributed by atoms with Crippen molar-refractivity contribution in [3.05, 3.63) is 59.2 Å². The van der Waals surface area contributed by atoms with Crippen molar-refractivity contribution in [2.75, 3.05) is 17.8 Å². The molecule has 2 unspecified atom stereocenters. The van der Waals surface area contributed by atoms with Crippen molar-refractivity contribution in [2.24, 2.45) is 5.92 Å². The summed E-state index contributed by atoms with van der Waals surface area (Å²) in [4.78, 5) is 25.4. The Bertz CT molecular complexity index is 1090. The summed E-state index contributed by atoms with van der Waals surface area (Å²) >= 11 is 3.40. The minimum Gasteiger partial charge on any atom is -0.480 e.